The molecule has 1 aromatic rings. The van der Waals surface area contributed by atoms with Crippen LogP contribution in [-0.4, -0.2) is 23.1 Å². The van der Waals surface area contributed by atoms with Crippen LogP contribution in [0.2, 0.25) is 0 Å². The number of urea groups is 1. The van der Waals surface area contributed by atoms with Gasteiger partial charge in [0.15, 0.2) is 5.84 Å². The summed E-state index contributed by atoms with van der Waals surface area (Å²) in [6.45, 7) is 1.76. The maximum absolute atomic E-state index is 13.3. The molecule has 0 radical (unpaired) electrons. The molecule has 0 saturated heterocycles. The summed E-state index contributed by atoms with van der Waals surface area (Å²) in [6, 6.07) is 4.54. The fourth-order valence-electron chi connectivity index (χ4n) is 1.33. The van der Waals surface area contributed by atoms with E-state index in [0.29, 0.717) is 6.42 Å². The summed E-state index contributed by atoms with van der Waals surface area (Å²) in [7, 11) is 0. The van der Waals surface area contributed by atoms with Crippen LogP contribution in [0.3, 0.4) is 0 Å². The number of amides is 2. The first-order valence-corrected chi connectivity index (χ1v) is 5.38. The molecule has 1 unspecified atom stereocenters. The molecule has 0 aliphatic rings. The van der Waals surface area contributed by atoms with Crippen molar-refractivity contribution in [3.05, 3.63) is 30.1 Å². The standard InChI is InChI=1S/C11H15FN4O2/c1-2-8(10(13)16-18)14-11(17)15-9-6-4-3-5-7(9)12/h3-6,8,18H,2H2,1H3,(H2,13,16)(H2,14,15,17). The zero-order valence-corrected chi connectivity index (χ0v) is 9.85. The molecular weight excluding hydrogens is 239 g/mol. The van der Waals surface area contributed by atoms with Crippen molar-refractivity contribution in [3.63, 3.8) is 0 Å². The van der Waals surface area contributed by atoms with Gasteiger partial charge >= 0.3 is 6.03 Å². The number of rotatable bonds is 4. The number of benzene rings is 1. The third kappa shape index (κ3) is 3.62. The Morgan fingerprint density at radius 3 is 2.78 bits per heavy atom. The summed E-state index contributed by atoms with van der Waals surface area (Å²) >= 11 is 0. The van der Waals surface area contributed by atoms with Crippen LogP contribution < -0.4 is 16.4 Å². The Kier molecular flexibility index (Phi) is 4.91. The van der Waals surface area contributed by atoms with Gasteiger partial charge in [-0.25, -0.2) is 9.18 Å². The maximum Gasteiger partial charge on any atom is 0.319 e. The van der Waals surface area contributed by atoms with Crippen molar-refractivity contribution < 1.29 is 14.4 Å². The Morgan fingerprint density at radius 1 is 1.56 bits per heavy atom. The number of oxime groups is 1. The fraction of sp³-hybridized carbons (Fsp3) is 0.273. The highest BCUT2D eigenvalue weighted by Crippen LogP contribution is 2.11. The summed E-state index contributed by atoms with van der Waals surface area (Å²) in [5.41, 5.74) is 5.44. The molecule has 98 valence electrons. The van der Waals surface area contributed by atoms with E-state index in [1.165, 1.54) is 18.2 Å². The molecule has 0 fully saturated rings. The van der Waals surface area contributed by atoms with Crippen LogP contribution >= 0.6 is 0 Å². The lowest BCUT2D eigenvalue weighted by Gasteiger charge is -2.16. The zero-order chi connectivity index (χ0) is 13.5. The maximum atomic E-state index is 13.3. The van der Waals surface area contributed by atoms with Gasteiger partial charge < -0.3 is 21.6 Å². The van der Waals surface area contributed by atoms with Gasteiger partial charge in [-0.05, 0) is 18.6 Å². The number of amidine groups is 1. The van der Waals surface area contributed by atoms with Crippen LogP contribution in [0.1, 0.15) is 13.3 Å². The lowest BCUT2D eigenvalue weighted by molar-refractivity contribution is 0.250. The molecule has 6 nitrogen and oxygen atoms in total. The predicted octanol–water partition coefficient (Wildman–Crippen LogP) is 1.47. The molecule has 0 saturated carbocycles. The van der Waals surface area contributed by atoms with Crippen molar-refractivity contribution in [3.8, 4) is 0 Å². The van der Waals surface area contributed by atoms with Crippen LogP contribution in [0.4, 0.5) is 14.9 Å². The van der Waals surface area contributed by atoms with E-state index in [1.807, 2.05) is 0 Å². The normalized spacial score (nSPS) is 12.9. The van der Waals surface area contributed by atoms with Crippen molar-refractivity contribution in [2.75, 3.05) is 5.32 Å². The molecule has 2 amide bonds. The lowest BCUT2D eigenvalue weighted by Crippen LogP contribution is -2.45. The van der Waals surface area contributed by atoms with Gasteiger partial charge in [-0.2, -0.15) is 0 Å². The van der Waals surface area contributed by atoms with E-state index in [4.69, 9.17) is 10.9 Å². The predicted molar refractivity (Wildman–Crippen MR) is 66.0 cm³/mol. The van der Waals surface area contributed by atoms with Gasteiger partial charge in [-0.3, -0.25) is 0 Å². The molecule has 1 atom stereocenters. The second-order valence-electron chi connectivity index (χ2n) is 3.56. The minimum Gasteiger partial charge on any atom is -0.409 e. The third-order valence-corrected chi connectivity index (χ3v) is 2.31. The fourth-order valence-corrected chi connectivity index (χ4v) is 1.33. The average Bonchev–Trinajstić information content (AvgIpc) is 2.37. The highest BCUT2D eigenvalue weighted by atomic mass is 19.1. The van der Waals surface area contributed by atoms with Crippen molar-refractivity contribution in [1.82, 2.24) is 5.32 Å². The smallest absolute Gasteiger partial charge is 0.319 e. The Morgan fingerprint density at radius 2 is 2.22 bits per heavy atom. The molecule has 0 aliphatic carbocycles. The second-order valence-corrected chi connectivity index (χ2v) is 3.56. The van der Waals surface area contributed by atoms with Crippen LogP contribution in [0.15, 0.2) is 29.4 Å². The quantitative estimate of drug-likeness (QED) is 0.283. The average molecular weight is 254 g/mol. The Bertz CT molecular complexity index is 450. The van der Waals surface area contributed by atoms with E-state index >= 15 is 0 Å². The highest BCUT2D eigenvalue weighted by molar-refractivity contribution is 5.94. The second kappa shape index (κ2) is 6.43. The monoisotopic (exact) mass is 254 g/mol. The van der Waals surface area contributed by atoms with E-state index in [9.17, 15) is 9.18 Å². The van der Waals surface area contributed by atoms with Gasteiger partial charge in [-0.1, -0.05) is 24.2 Å². The molecule has 1 aromatic carbocycles. The number of nitrogens with zero attached hydrogens (tertiary/aromatic N) is 1. The number of hydrogen-bond acceptors (Lipinski definition) is 3. The number of carbonyl (C=O) groups excluding carboxylic acids is 1. The van der Waals surface area contributed by atoms with Crippen molar-refractivity contribution in [1.29, 1.82) is 0 Å². The topological polar surface area (TPSA) is 99.7 Å². The molecule has 0 bridgehead atoms. The van der Waals surface area contributed by atoms with Crippen molar-refractivity contribution >= 4 is 17.6 Å². The number of nitrogens with one attached hydrogen (secondary N) is 2. The summed E-state index contributed by atoms with van der Waals surface area (Å²) in [6.07, 6.45) is 0.445. The molecule has 18 heavy (non-hydrogen) atoms. The van der Waals surface area contributed by atoms with Gasteiger partial charge in [0.2, 0.25) is 0 Å². The van der Waals surface area contributed by atoms with E-state index < -0.39 is 17.9 Å². The van der Waals surface area contributed by atoms with Crippen molar-refractivity contribution in [2.45, 2.75) is 19.4 Å². The largest absolute Gasteiger partial charge is 0.409 e. The molecule has 1 rings (SSSR count). The van der Waals surface area contributed by atoms with Gasteiger partial charge in [0.05, 0.1) is 11.7 Å². The van der Waals surface area contributed by atoms with Crippen LogP contribution in [0, 0.1) is 5.82 Å². The van der Waals surface area contributed by atoms with Gasteiger partial charge in [0, 0.05) is 0 Å². The van der Waals surface area contributed by atoms with Crippen molar-refractivity contribution in [2.24, 2.45) is 10.9 Å². The molecule has 5 N–H and O–H groups in total. The van der Waals surface area contributed by atoms with Crippen LogP contribution in [0.25, 0.3) is 0 Å². The van der Waals surface area contributed by atoms with E-state index in [2.05, 4.69) is 15.8 Å². The first-order valence-electron chi connectivity index (χ1n) is 5.38. The molecule has 0 spiro atoms. The molecule has 0 aromatic heterocycles. The number of anilines is 1. The Balaban J connectivity index is 2.64. The van der Waals surface area contributed by atoms with Crippen LogP contribution in [0.5, 0.6) is 0 Å². The zero-order valence-electron chi connectivity index (χ0n) is 9.85. The number of para-hydroxylation sites is 1. The van der Waals surface area contributed by atoms with Gasteiger partial charge in [-0.15, -0.1) is 0 Å². The number of carbonyl (C=O) groups is 1. The number of halogens is 1. The van der Waals surface area contributed by atoms with Gasteiger partial charge in [0.25, 0.3) is 0 Å². The van der Waals surface area contributed by atoms with E-state index in [-0.39, 0.29) is 11.5 Å². The Hall–Kier alpha value is -2.31. The molecule has 0 heterocycles. The van der Waals surface area contributed by atoms with E-state index in [0.717, 1.165) is 0 Å². The molecule has 7 heteroatoms. The third-order valence-electron chi connectivity index (χ3n) is 2.31. The number of nitrogens with two attached hydrogens (primary N) is 1. The first kappa shape index (κ1) is 13.8. The molecular formula is C11H15FN4O2. The summed E-state index contributed by atoms with van der Waals surface area (Å²) < 4.78 is 13.3. The number of hydrogen-bond donors (Lipinski definition) is 4. The molecule has 0 aliphatic heterocycles. The lowest BCUT2D eigenvalue weighted by atomic mass is 10.2. The summed E-state index contributed by atoms with van der Waals surface area (Å²) in [5.74, 6) is -0.648. The van der Waals surface area contributed by atoms with Gasteiger partial charge in [0.1, 0.15) is 5.82 Å². The Labute approximate surface area is 104 Å². The highest BCUT2D eigenvalue weighted by Gasteiger charge is 2.15. The summed E-state index contributed by atoms with van der Waals surface area (Å²) in [4.78, 5) is 11.6. The summed E-state index contributed by atoms with van der Waals surface area (Å²) in [5, 5.41) is 16.1. The van der Waals surface area contributed by atoms with E-state index in [1.54, 1.807) is 13.0 Å². The van der Waals surface area contributed by atoms with Crippen LogP contribution in [-0.2, 0) is 0 Å². The SMILES string of the molecule is CCC(NC(=O)Nc1ccccc1F)/C(N)=N/O. The minimum atomic E-state index is -0.626. The first-order chi connectivity index (χ1) is 8.58. The minimum absolute atomic E-state index is 0.0596.